The second-order valence-corrected chi connectivity index (χ2v) is 8.92. The Labute approximate surface area is 203 Å². The van der Waals surface area contributed by atoms with Gasteiger partial charge in [0.1, 0.15) is 11.5 Å². The van der Waals surface area contributed by atoms with Gasteiger partial charge in [-0.15, -0.1) is 0 Å². The van der Waals surface area contributed by atoms with Crippen molar-refractivity contribution in [3.63, 3.8) is 0 Å². The van der Waals surface area contributed by atoms with Crippen LogP contribution in [0.25, 0.3) is 6.08 Å². The van der Waals surface area contributed by atoms with E-state index in [0.717, 1.165) is 47.8 Å². The number of aliphatic imine (C=N–C) groups is 1. The molecule has 0 aromatic carbocycles. The van der Waals surface area contributed by atoms with E-state index < -0.39 is 5.97 Å². The predicted octanol–water partition coefficient (Wildman–Crippen LogP) is 7.03. The monoisotopic (exact) mass is 465 g/mol. The van der Waals surface area contributed by atoms with Gasteiger partial charge in [-0.05, 0) is 56.5 Å². The van der Waals surface area contributed by atoms with Crippen LogP contribution in [0.15, 0.2) is 53.0 Å². The topological polar surface area (TPSA) is 90.5 Å². The molecule has 2 aromatic heterocycles. The molecule has 6 nitrogen and oxygen atoms in total. The van der Waals surface area contributed by atoms with Crippen LogP contribution in [0.5, 0.6) is 0 Å². The summed E-state index contributed by atoms with van der Waals surface area (Å²) in [4.78, 5) is 22.0. The van der Waals surface area contributed by atoms with E-state index in [1.807, 2.05) is 31.3 Å². The Morgan fingerprint density at radius 3 is 2.35 bits per heavy atom. The number of ether oxygens (including phenoxy) is 1. The zero-order valence-electron chi connectivity index (χ0n) is 20.4. The lowest BCUT2D eigenvalue weighted by molar-refractivity contribution is -0.137. The minimum Gasteiger partial charge on any atom is -0.492 e. The summed E-state index contributed by atoms with van der Waals surface area (Å²) < 4.78 is 5.80. The fourth-order valence-electron chi connectivity index (χ4n) is 4.26. The number of carbonyl (C=O) groups is 1. The number of aromatic nitrogens is 2. The number of hydrogen-bond acceptors (Lipinski definition) is 3. The molecule has 1 aliphatic rings. The average Bonchev–Trinajstić information content (AvgIpc) is 3.57. The number of hydrogen-bond donors (Lipinski definition) is 3. The Morgan fingerprint density at radius 2 is 1.71 bits per heavy atom. The molecule has 34 heavy (non-hydrogen) atoms. The maximum atomic E-state index is 10.5. The molecule has 0 radical (unpaired) electrons. The number of carboxylic acid groups (broad SMARTS) is 1. The fourth-order valence-corrected chi connectivity index (χ4v) is 4.26. The van der Waals surface area contributed by atoms with Gasteiger partial charge >= 0.3 is 5.97 Å². The number of nitrogens with zero attached hydrogens (tertiary/aromatic N) is 1. The summed E-state index contributed by atoms with van der Waals surface area (Å²) in [6, 6.07) is 8.27. The molecule has 3 rings (SSSR count). The summed E-state index contributed by atoms with van der Waals surface area (Å²) in [6.45, 7) is 2.60. The lowest BCUT2D eigenvalue weighted by Gasteiger charge is -2.04. The number of aromatic amines is 2. The molecule has 0 saturated heterocycles. The van der Waals surface area contributed by atoms with E-state index in [0.29, 0.717) is 13.0 Å². The van der Waals surface area contributed by atoms with E-state index in [9.17, 15) is 4.79 Å². The summed E-state index contributed by atoms with van der Waals surface area (Å²) in [6.07, 6.45) is 19.2. The van der Waals surface area contributed by atoms with E-state index in [1.54, 1.807) is 0 Å². The van der Waals surface area contributed by atoms with Crippen molar-refractivity contribution in [2.45, 2.75) is 84.0 Å². The van der Waals surface area contributed by atoms with Gasteiger partial charge in [-0.1, -0.05) is 51.4 Å². The zero-order valence-corrected chi connectivity index (χ0v) is 20.4. The molecule has 0 unspecified atom stereocenters. The fraction of sp³-hybridized carbons (Fsp3) is 0.500. The number of H-pyrrole nitrogens is 2. The van der Waals surface area contributed by atoms with Gasteiger partial charge in [0.05, 0.1) is 18.0 Å². The minimum atomic E-state index is -0.676. The number of unbranched alkanes of at least 4 members (excludes halogenated alkanes) is 9. The second-order valence-electron chi connectivity index (χ2n) is 8.92. The van der Waals surface area contributed by atoms with E-state index in [1.165, 1.54) is 57.1 Å². The lowest BCUT2D eigenvalue weighted by Crippen LogP contribution is -1.94. The number of rotatable bonds is 17. The van der Waals surface area contributed by atoms with Crippen molar-refractivity contribution < 1.29 is 14.6 Å². The molecule has 1 aliphatic heterocycles. The maximum absolute atomic E-state index is 10.5. The van der Waals surface area contributed by atoms with Crippen molar-refractivity contribution in [2.75, 3.05) is 6.61 Å². The Bertz CT molecular complexity index is 967. The first-order chi connectivity index (χ1) is 16.7. The van der Waals surface area contributed by atoms with Gasteiger partial charge < -0.3 is 19.8 Å². The summed E-state index contributed by atoms with van der Waals surface area (Å²) >= 11 is 0. The maximum Gasteiger partial charge on any atom is 0.303 e. The van der Waals surface area contributed by atoms with Crippen LogP contribution in [0.2, 0.25) is 0 Å². The number of aliphatic carboxylic acids is 1. The Morgan fingerprint density at radius 1 is 1.00 bits per heavy atom. The quantitative estimate of drug-likeness (QED) is 0.219. The van der Waals surface area contributed by atoms with Crippen molar-refractivity contribution in [1.82, 2.24) is 9.97 Å². The van der Waals surface area contributed by atoms with Crippen molar-refractivity contribution >= 4 is 17.8 Å². The van der Waals surface area contributed by atoms with Gasteiger partial charge in [-0.3, -0.25) is 4.79 Å². The smallest absolute Gasteiger partial charge is 0.303 e. The molecule has 0 saturated carbocycles. The zero-order chi connectivity index (χ0) is 24.0. The molecule has 0 amide bonds. The first-order valence-corrected chi connectivity index (χ1v) is 12.8. The third-order valence-corrected chi connectivity index (χ3v) is 6.08. The van der Waals surface area contributed by atoms with Crippen LogP contribution in [-0.4, -0.2) is 33.4 Å². The Kier molecular flexibility index (Phi) is 10.8. The summed E-state index contributed by atoms with van der Waals surface area (Å²) in [7, 11) is 0. The van der Waals surface area contributed by atoms with Crippen LogP contribution in [-0.2, 0) is 16.0 Å². The molecule has 0 atom stereocenters. The molecule has 0 aliphatic carbocycles. The van der Waals surface area contributed by atoms with Gasteiger partial charge in [0.25, 0.3) is 0 Å². The summed E-state index contributed by atoms with van der Waals surface area (Å²) in [5.41, 5.74) is 5.05. The Hall–Kier alpha value is -3.02. The van der Waals surface area contributed by atoms with E-state index in [-0.39, 0.29) is 0 Å². The van der Waals surface area contributed by atoms with Gasteiger partial charge in [-0.25, -0.2) is 4.99 Å². The van der Waals surface area contributed by atoms with E-state index in [2.05, 4.69) is 28.2 Å². The number of aryl methyl sites for hydroxylation is 1. The van der Waals surface area contributed by atoms with Crippen molar-refractivity contribution in [1.29, 1.82) is 0 Å². The molecule has 0 fully saturated rings. The Balaban J connectivity index is 1.33. The predicted molar refractivity (Wildman–Crippen MR) is 138 cm³/mol. The van der Waals surface area contributed by atoms with Crippen LogP contribution in [0, 0.1) is 0 Å². The van der Waals surface area contributed by atoms with Crippen molar-refractivity contribution in [3.8, 4) is 0 Å². The highest BCUT2D eigenvalue weighted by atomic mass is 16.5. The molecule has 3 heterocycles. The molecule has 6 heteroatoms. The first-order valence-electron chi connectivity index (χ1n) is 12.8. The van der Waals surface area contributed by atoms with Crippen LogP contribution < -0.4 is 0 Å². The molecule has 0 bridgehead atoms. The van der Waals surface area contributed by atoms with Gasteiger partial charge in [0.2, 0.25) is 0 Å². The van der Waals surface area contributed by atoms with E-state index in [4.69, 9.17) is 14.8 Å². The highest BCUT2D eigenvalue weighted by Crippen LogP contribution is 2.25. The minimum absolute atomic E-state index is 0.314. The van der Waals surface area contributed by atoms with Crippen LogP contribution in [0.4, 0.5) is 0 Å². The number of nitrogens with one attached hydrogen (secondary N) is 2. The number of allylic oxidation sites excluding steroid dienone is 1. The molecule has 3 N–H and O–H groups in total. The van der Waals surface area contributed by atoms with Gasteiger partial charge in [0, 0.05) is 30.1 Å². The van der Waals surface area contributed by atoms with Crippen LogP contribution in [0.1, 0.15) is 94.6 Å². The molecular weight excluding hydrogens is 426 g/mol. The third kappa shape index (κ3) is 8.73. The SMILES string of the molecule is CCOC1=CC(c2ccc[nH]2)=NC1=Cc1ccc(CCCCCCCCCCCCC(=O)O)[nH]1. The van der Waals surface area contributed by atoms with Crippen molar-refractivity contribution in [2.24, 2.45) is 4.99 Å². The normalized spacial score (nSPS) is 14.4. The number of carboxylic acids is 1. The van der Waals surface area contributed by atoms with E-state index >= 15 is 0 Å². The average molecular weight is 466 g/mol. The second kappa shape index (κ2) is 14.3. The summed E-state index contributed by atoms with van der Waals surface area (Å²) in [5.74, 6) is 0.133. The lowest BCUT2D eigenvalue weighted by atomic mass is 10.0. The van der Waals surface area contributed by atoms with Crippen LogP contribution in [0.3, 0.4) is 0 Å². The molecule has 2 aromatic rings. The highest BCUT2D eigenvalue weighted by molar-refractivity contribution is 6.11. The van der Waals surface area contributed by atoms with Crippen LogP contribution >= 0.6 is 0 Å². The standard InChI is InChI=1S/C28H39N3O3/c1-2-34-27-21-25(24-15-13-19-29-24)31-26(27)20-23-18-17-22(30-23)14-11-9-7-5-3-4-6-8-10-12-16-28(32)33/h13,15,17-21,29-30H,2-12,14,16H2,1H3,(H,32,33). The largest absolute Gasteiger partial charge is 0.492 e. The van der Waals surface area contributed by atoms with Gasteiger partial charge in [0.15, 0.2) is 0 Å². The van der Waals surface area contributed by atoms with Gasteiger partial charge in [-0.2, -0.15) is 0 Å². The third-order valence-electron chi connectivity index (χ3n) is 6.08. The highest BCUT2D eigenvalue weighted by Gasteiger charge is 2.17. The van der Waals surface area contributed by atoms with Crippen molar-refractivity contribution in [3.05, 3.63) is 65.1 Å². The summed E-state index contributed by atoms with van der Waals surface area (Å²) in [5, 5.41) is 8.64. The molecular formula is C28H39N3O3. The first kappa shape index (κ1) is 25.6. The molecule has 184 valence electrons. The molecule has 0 spiro atoms.